The van der Waals surface area contributed by atoms with Gasteiger partial charge in [0.1, 0.15) is 5.84 Å². The molecular formula is C19H17ClN4. The van der Waals surface area contributed by atoms with E-state index >= 15 is 0 Å². The molecule has 2 aromatic carbocycles. The van der Waals surface area contributed by atoms with Crippen molar-refractivity contribution in [2.75, 3.05) is 0 Å². The van der Waals surface area contributed by atoms with E-state index < -0.39 is 0 Å². The van der Waals surface area contributed by atoms with Gasteiger partial charge in [0.05, 0.1) is 12.0 Å². The van der Waals surface area contributed by atoms with Crippen LogP contribution in [-0.2, 0) is 6.42 Å². The summed E-state index contributed by atoms with van der Waals surface area (Å²) in [6.07, 6.45) is 8.09. The van der Waals surface area contributed by atoms with Gasteiger partial charge in [-0.1, -0.05) is 41.9 Å². The van der Waals surface area contributed by atoms with Crippen LogP contribution in [0.2, 0.25) is 5.02 Å². The molecule has 4 nitrogen and oxygen atoms in total. The average molecular weight is 337 g/mol. The normalized spacial score (nSPS) is 12.0. The highest BCUT2D eigenvalue weighted by Crippen LogP contribution is 2.16. The monoisotopic (exact) mass is 336 g/mol. The van der Waals surface area contributed by atoms with Gasteiger partial charge in [-0.3, -0.25) is 0 Å². The highest BCUT2D eigenvalue weighted by atomic mass is 35.5. The van der Waals surface area contributed by atoms with Gasteiger partial charge in [0.25, 0.3) is 0 Å². The first kappa shape index (κ1) is 16.0. The number of halogens is 1. The van der Waals surface area contributed by atoms with Crippen molar-refractivity contribution in [2.45, 2.75) is 6.42 Å². The first-order valence-electron chi connectivity index (χ1n) is 7.53. The minimum Gasteiger partial charge on any atom is -0.384 e. The summed E-state index contributed by atoms with van der Waals surface area (Å²) < 4.78 is 0. The molecule has 24 heavy (non-hydrogen) atoms. The number of imidazole rings is 1. The third-order valence-electron chi connectivity index (χ3n) is 3.46. The average Bonchev–Trinajstić information content (AvgIpc) is 3.09. The first-order valence-corrected chi connectivity index (χ1v) is 7.91. The number of nitrogens with zero attached hydrogens (tertiary/aromatic N) is 2. The summed E-state index contributed by atoms with van der Waals surface area (Å²) in [4.78, 5) is 11.4. The van der Waals surface area contributed by atoms with Crippen molar-refractivity contribution >= 4 is 29.2 Å². The number of hydrogen-bond donors (Lipinski definition) is 2. The second-order valence-corrected chi connectivity index (χ2v) is 5.78. The molecule has 0 saturated heterocycles. The lowest BCUT2D eigenvalue weighted by Gasteiger charge is -2.00. The summed E-state index contributed by atoms with van der Waals surface area (Å²) in [5.41, 5.74) is 10.1. The summed E-state index contributed by atoms with van der Waals surface area (Å²) in [7, 11) is 0. The second kappa shape index (κ2) is 7.62. The van der Waals surface area contributed by atoms with E-state index in [1.165, 1.54) is 5.56 Å². The Balaban J connectivity index is 1.64. The molecular weight excluding hydrogens is 320 g/mol. The number of H-pyrrole nitrogens is 1. The quantitative estimate of drug-likeness (QED) is 0.537. The number of nitrogens with one attached hydrogen (secondary N) is 1. The van der Waals surface area contributed by atoms with E-state index in [9.17, 15) is 0 Å². The molecule has 0 aliphatic rings. The summed E-state index contributed by atoms with van der Waals surface area (Å²) in [6, 6.07) is 15.5. The zero-order valence-corrected chi connectivity index (χ0v) is 13.7. The minimum absolute atomic E-state index is 0.443. The maximum Gasteiger partial charge on any atom is 0.124 e. The van der Waals surface area contributed by atoms with Gasteiger partial charge < -0.3 is 10.7 Å². The number of aromatic amines is 1. The predicted molar refractivity (Wildman–Crippen MR) is 99.6 cm³/mol. The second-order valence-electron chi connectivity index (χ2n) is 5.34. The molecule has 0 bridgehead atoms. The van der Waals surface area contributed by atoms with Gasteiger partial charge in [-0.25, -0.2) is 9.98 Å². The fraction of sp³-hybridized carbons (Fsp3) is 0.0526. The molecule has 0 atom stereocenters. The molecule has 0 radical (unpaired) electrons. The Morgan fingerprint density at radius 1 is 1.12 bits per heavy atom. The third kappa shape index (κ3) is 4.57. The maximum atomic E-state index is 5.93. The van der Waals surface area contributed by atoms with Crippen LogP contribution in [0.5, 0.6) is 0 Å². The van der Waals surface area contributed by atoms with Crippen molar-refractivity contribution in [3.63, 3.8) is 0 Å². The van der Waals surface area contributed by atoms with Crippen LogP contribution in [-0.4, -0.2) is 15.8 Å². The van der Waals surface area contributed by atoms with Crippen LogP contribution < -0.4 is 5.73 Å². The van der Waals surface area contributed by atoms with Crippen molar-refractivity contribution in [3.05, 3.63) is 89.0 Å². The molecule has 0 aliphatic heterocycles. The molecule has 0 amide bonds. The molecule has 0 unspecified atom stereocenters. The minimum atomic E-state index is 0.443. The lowest BCUT2D eigenvalue weighted by atomic mass is 10.1. The van der Waals surface area contributed by atoms with E-state index in [1.54, 1.807) is 24.5 Å². The molecule has 1 aromatic heterocycles. The Kier molecular flexibility index (Phi) is 5.08. The number of hydrogen-bond acceptors (Lipinski definition) is 2. The number of aromatic nitrogens is 2. The van der Waals surface area contributed by atoms with Gasteiger partial charge in [0.2, 0.25) is 0 Å². The highest BCUT2D eigenvalue weighted by Gasteiger charge is 1.97. The van der Waals surface area contributed by atoms with E-state index in [4.69, 9.17) is 17.3 Å². The zero-order chi connectivity index (χ0) is 16.8. The summed E-state index contributed by atoms with van der Waals surface area (Å²) in [6.45, 7) is 0. The molecule has 1 heterocycles. The van der Waals surface area contributed by atoms with Gasteiger partial charge in [0, 0.05) is 23.3 Å². The van der Waals surface area contributed by atoms with Gasteiger partial charge >= 0.3 is 0 Å². The van der Waals surface area contributed by atoms with Crippen LogP contribution in [0, 0.1) is 0 Å². The van der Waals surface area contributed by atoms with E-state index in [0.29, 0.717) is 10.9 Å². The number of rotatable bonds is 5. The number of nitrogens with two attached hydrogens (primary N) is 1. The number of amidine groups is 1. The molecule has 0 aliphatic carbocycles. The molecule has 0 spiro atoms. The maximum absolute atomic E-state index is 5.93. The van der Waals surface area contributed by atoms with Crippen LogP contribution >= 0.6 is 11.6 Å². The van der Waals surface area contributed by atoms with Gasteiger partial charge in [0.15, 0.2) is 0 Å². The van der Waals surface area contributed by atoms with E-state index in [1.807, 2.05) is 24.4 Å². The van der Waals surface area contributed by atoms with Gasteiger partial charge in [-0.2, -0.15) is 0 Å². The van der Waals surface area contributed by atoms with Crippen LogP contribution in [0.4, 0.5) is 5.69 Å². The number of benzene rings is 2. The molecule has 0 saturated carbocycles. The third-order valence-corrected chi connectivity index (χ3v) is 3.71. The van der Waals surface area contributed by atoms with Crippen LogP contribution in [0.3, 0.4) is 0 Å². The Bertz CT molecular complexity index is 832. The van der Waals surface area contributed by atoms with Crippen molar-refractivity contribution in [2.24, 2.45) is 10.7 Å². The smallest absolute Gasteiger partial charge is 0.124 e. The Labute approximate surface area is 145 Å². The standard InChI is InChI=1S/C19H17ClN4/c20-16-6-8-17(9-7-16)24-19(21)10-5-14-1-3-15(4-2-14)11-18-12-22-13-23-18/h1-10,12-13H,11H2,(H2,21,24)(H,22,23). The van der Waals surface area contributed by atoms with E-state index in [-0.39, 0.29) is 0 Å². The van der Waals surface area contributed by atoms with Crippen molar-refractivity contribution < 1.29 is 0 Å². The van der Waals surface area contributed by atoms with E-state index in [2.05, 4.69) is 39.2 Å². The van der Waals surface area contributed by atoms with Gasteiger partial charge in [-0.15, -0.1) is 0 Å². The topological polar surface area (TPSA) is 67.1 Å². The summed E-state index contributed by atoms with van der Waals surface area (Å²) >= 11 is 5.85. The highest BCUT2D eigenvalue weighted by molar-refractivity contribution is 6.30. The molecule has 5 heteroatoms. The van der Waals surface area contributed by atoms with Crippen LogP contribution in [0.15, 0.2) is 72.1 Å². The van der Waals surface area contributed by atoms with Crippen LogP contribution in [0.1, 0.15) is 16.8 Å². The predicted octanol–water partition coefficient (Wildman–Crippen LogP) is 4.36. The Morgan fingerprint density at radius 3 is 2.54 bits per heavy atom. The van der Waals surface area contributed by atoms with Crippen molar-refractivity contribution in [3.8, 4) is 0 Å². The van der Waals surface area contributed by atoms with E-state index in [0.717, 1.165) is 23.4 Å². The Hall–Kier alpha value is -2.85. The largest absolute Gasteiger partial charge is 0.384 e. The molecule has 120 valence electrons. The fourth-order valence-corrected chi connectivity index (χ4v) is 2.36. The van der Waals surface area contributed by atoms with Crippen molar-refractivity contribution in [1.82, 2.24) is 9.97 Å². The first-order chi connectivity index (χ1) is 11.7. The van der Waals surface area contributed by atoms with Gasteiger partial charge in [-0.05, 0) is 41.5 Å². The zero-order valence-electron chi connectivity index (χ0n) is 13.0. The Morgan fingerprint density at radius 2 is 1.88 bits per heavy atom. The lowest BCUT2D eigenvalue weighted by molar-refractivity contribution is 1.11. The van der Waals surface area contributed by atoms with Crippen LogP contribution in [0.25, 0.3) is 6.08 Å². The molecule has 3 rings (SSSR count). The number of aliphatic imine (C=N–C) groups is 1. The lowest BCUT2D eigenvalue weighted by Crippen LogP contribution is -2.06. The SMILES string of the molecule is NC(C=Cc1ccc(Cc2cnc[nH]2)cc1)=Nc1ccc(Cl)cc1. The molecule has 3 aromatic rings. The fourth-order valence-electron chi connectivity index (χ4n) is 2.23. The van der Waals surface area contributed by atoms with Crippen molar-refractivity contribution in [1.29, 1.82) is 0 Å². The molecule has 0 fully saturated rings. The summed E-state index contributed by atoms with van der Waals surface area (Å²) in [5.74, 6) is 0.443. The molecule has 3 N–H and O–H groups in total. The summed E-state index contributed by atoms with van der Waals surface area (Å²) in [5, 5.41) is 0.679.